The Morgan fingerprint density at radius 3 is 2.72 bits per heavy atom. The van der Waals surface area contributed by atoms with Crippen molar-refractivity contribution in [2.75, 3.05) is 5.73 Å². The van der Waals surface area contributed by atoms with Gasteiger partial charge in [0.15, 0.2) is 12.0 Å². The van der Waals surface area contributed by atoms with Gasteiger partial charge in [0.1, 0.15) is 0 Å². The summed E-state index contributed by atoms with van der Waals surface area (Å²) in [6, 6.07) is 1.68. The van der Waals surface area contributed by atoms with Gasteiger partial charge in [-0.2, -0.15) is 13.2 Å². The van der Waals surface area contributed by atoms with Gasteiger partial charge in [-0.1, -0.05) is 6.92 Å². The first kappa shape index (κ1) is 13.2. The van der Waals surface area contributed by atoms with E-state index in [1.54, 1.807) is 18.4 Å². The van der Waals surface area contributed by atoms with E-state index in [0.717, 1.165) is 4.88 Å². The zero-order chi connectivity index (χ0) is 13.6. The molecule has 0 aliphatic carbocycles. The first-order valence-corrected chi connectivity index (χ1v) is 6.24. The number of thiophene rings is 1. The third-order valence-corrected chi connectivity index (χ3v) is 4.31. The van der Waals surface area contributed by atoms with E-state index in [1.807, 2.05) is 0 Å². The maximum atomic E-state index is 12.7. The molecule has 2 atom stereocenters. The molecule has 0 saturated carbocycles. The predicted molar refractivity (Wildman–Crippen MR) is 64.0 cm³/mol. The molecule has 2 heterocycles. The van der Waals surface area contributed by atoms with Gasteiger partial charge in [-0.15, -0.1) is 11.3 Å². The van der Waals surface area contributed by atoms with E-state index in [4.69, 9.17) is 11.1 Å². The van der Waals surface area contributed by atoms with E-state index in [0.29, 0.717) is 5.69 Å². The normalized spacial score (nSPS) is 29.1. The number of hydrogen-bond donors (Lipinski definition) is 2. The Kier molecular flexibility index (Phi) is 3.04. The summed E-state index contributed by atoms with van der Waals surface area (Å²) in [7, 11) is 0. The molecule has 3 N–H and O–H groups in total. The summed E-state index contributed by atoms with van der Waals surface area (Å²) < 4.78 is 42.8. The van der Waals surface area contributed by atoms with Crippen LogP contribution in [0.15, 0.2) is 11.4 Å². The summed E-state index contributed by atoms with van der Waals surface area (Å²) in [5.41, 5.74) is 5.40. The van der Waals surface area contributed by atoms with Crippen molar-refractivity contribution in [2.24, 2.45) is 0 Å². The topological polar surface area (TPSA) is 59.1 Å². The SMILES string of the molecule is C[C@]1(c2cc(N)cs2)CC(=N)OC(C(F)(F)F)C1. The molecule has 2 rings (SSSR count). The van der Waals surface area contributed by atoms with Gasteiger partial charge in [0, 0.05) is 34.2 Å². The van der Waals surface area contributed by atoms with Gasteiger partial charge in [0.2, 0.25) is 0 Å². The zero-order valence-electron chi connectivity index (χ0n) is 9.67. The molecule has 1 aromatic heterocycles. The third-order valence-electron chi connectivity index (χ3n) is 3.05. The number of alkyl halides is 3. The van der Waals surface area contributed by atoms with Crippen molar-refractivity contribution in [1.82, 2.24) is 0 Å². The molecule has 1 saturated heterocycles. The van der Waals surface area contributed by atoms with Crippen LogP contribution in [0.1, 0.15) is 24.6 Å². The van der Waals surface area contributed by atoms with Crippen molar-refractivity contribution in [3.63, 3.8) is 0 Å². The van der Waals surface area contributed by atoms with Crippen LogP contribution in [-0.2, 0) is 10.2 Å². The minimum absolute atomic E-state index is 0.166. The van der Waals surface area contributed by atoms with Crippen LogP contribution in [0.4, 0.5) is 18.9 Å². The Morgan fingerprint density at radius 2 is 2.22 bits per heavy atom. The number of ether oxygens (including phenoxy) is 1. The summed E-state index contributed by atoms with van der Waals surface area (Å²) in [4.78, 5) is 0.766. The molecule has 0 spiro atoms. The smallest absolute Gasteiger partial charge is 0.425 e. The fraction of sp³-hybridized carbons (Fsp3) is 0.545. The van der Waals surface area contributed by atoms with Gasteiger partial charge in [-0.05, 0) is 6.07 Å². The van der Waals surface area contributed by atoms with Gasteiger partial charge in [-0.3, -0.25) is 5.41 Å². The first-order valence-electron chi connectivity index (χ1n) is 5.36. The molecule has 1 aromatic rings. The summed E-state index contributed by atoms with van der Waals surface area (Å²) in [5.74, 6) is -0.321. The number of halogens is 3. The van der Waals surface area contributed by atoms with Crippen LogP contribution < -0.4 is 5.73 Å². The molecule has 3 nitrogen and oxygen atoms in total. The first-order chi connectivity index (χ1) is 8.21. The highest BCUT2D eigenvalue weighted by atomic mass is 32.1. The van der Waals surface area contributed by atoms with E-state index in [2.05, 4.69) is 4.74 Å². The highest BCUT2D eigenvalue weighted by Crippen LogP contribution is 2.44. The Bertz CT molecular complexity index is 471. The second-order valence-corrected chi connectivity index (χ2v) is 5.67. The van der Waals surface area contributed by atoms with Crippen LogP contribution >= 0.6 is 11.3 Å². The van der Waals surface area contributed by atoms with Crippen LogP contribution in [0.25, 0.3) is 0 Å². The number of hydrogen-bond acceptors (Lipinski definition) is 4. The number of nitrogens with one attached hydrogen (secondary N) is 1. The van der Waals surface area contributed by atoms with Crippen LogP contribution in [0.5, 0.6) is 0 Å². The molecule has 1 unspecified atom stereocenters. The molecule has 100 valence electrons. The molecule has 0 amide bonds. The number of nitrogen functional groups attached to an aromatic ring is 1. The van der Waals surface area contributed by atoms with Gasteiger partial charge in [-0.25, -0.2) is 0 Å². The highest BCUT2D eigenvalue weighted by molar-refractivity contribution is 7.10. The molecule has 1 aliphatic rings. The molecular formula is C11H13F3N2OS. The van der Waals surface area contributed by atoms with E-state index < -0.39 is 17.7 Å². The molecule has 1 fully saturated rings. The van der Waals surface area contributed by atoms with Crippen LogP contribution in [-0.4, -0.2) is 18.2 Å². The Balaban J connectivity index is 2.30. The maximum Gasteiger partial charge on any atom is 0.425 e. The fourth-order valence-electron chi connectivity index (χ4n) is 2.13. The monoisotopic (exact) mass is 278 g/mol. The maximum absolute atomic E-state index is 12.7. The standard InChI is InChI=1S/C11H13F3N2OS/c1-10(8-2-6(15)5-18-8)3-7(11(12,13)14)17-9(16)4-10/h2,5,7,16H,3-4,15H2,1H3/t7?,10-/m1/s1. The lowest BCUT2D eigenvalue weighted by molar-refractivity contribution is -0.209. The summed E-state index contributed by atoms with van der Waals surface area (Å²) in [6.45, 7) is 1.72. The molecule has 0 aromatic carbocycles. The lowest BCUT2D eigenvalue weighted by Gasteiger charge is -2.38. The summed E-state index contributed by atoms with van der Waals surface area (Å²) in [5, 5.41) is 9.16. The average Bonchev–Trinajstić information content (AvgIpc) is 2.63. The van der Waals surface area contributed by atoms with Gasteiger partial charge >= 0.3 is 6.18 Å². The van der Waals surface area contributed by atoms with Gasteiger partial charge in [0.05, 0.1) is 0 Å². The molecule has 1 aliphatic heterocycles. The minimum atomic E-state index is -4.45. The zero-order valence-corrected chi connectivity index (χ0v) is 10.5. The fourth-order valence-corrected chi connectivity index (χ4v) is 3.10. The van der Waals surface area contributed by atoms with Gasteiger partial charge < -0.3 is 10.5 Å². The largest absolute Gasteiger partial charge is 0.468 e. The van der Waals surface area contributed by atoms with Crippen molar-refractivity contribution in [3.05, 3.63) is 16.3 Å². The minimum Gasteiger partial charge on any atom is -0.468 e. The van der Waals surface area contributed by atoms with E-state index in [-0.39, 0.29) is 18.7 Å². The van der Waals surface area contributed by atoms with Crippen molar-refractivity contribution in [3.8, 4) is 0 Å². The Labute approximate surface area is 106 Å². The molecule has 18 heavy (non-hydrogen) atoms. The summed E-state index contributed by atoms with van der Waals surface area (Å²) in [6.07, 6.45) is -6.37. The van der Waals surface area contributed by atoms with Crippen LogP contribution in [0.2, 0.25) is 0 Å². The van der Waals surface area contributed by atoms with E-state index in [9.17, 15) is 13.2 Å². The third kappa shape index (κ3) is 2.45. The lowest BCUT2D eigenvalue weighted by Crippen LogP contribution is -2.45. The predicted octanol–water partition coefficient (Wildman–Crippen LogP) is 3.31. The number of nitrogens with two attached hydrogens (primary N) is 1. The Hall–Kier alpha value is -1.24. The molecule has 0 radical (unpaired) electrons. The second kappa shape index (κ2) is 4.15. The van der Waals surface area contributed by atoms with Crippen molar-refractivity contribution >= 4 is 22.9 Å². The highest BCUT2D eigenvalue weighted by Gasteiger charge is 2.50. The quantitative estimate of drug-likeness (QED) is 0.828. The van der Waals surface area contributed by atoms with E-state index in [1.165, 1.54) is 11.3 Å². The summed E-state index contributed by atoms with van der Waals surface area (Å²) >= 11 is 1.33. The lowest BCUT2D eigenvalue weighted by atomic mass is 9.77. The number of rotatable bonds is 1. The molecule has 0 bridgehead atoms. The Morgan fingerprint density at radius 1 is 1.56 bits per heavy atom. The second-order valence-electron chi connectivity index (χ2n) is 4.76. The average molecular weight is 278 g/mol. The van der Waals surface area contributed by atoms with E-state index >= 15 is 0 Å². The molecule has 7 heteroatoms. The van der Waals surface area contributed by atoms with Crippen LogP contribution in [0, 0.1) is 5.41 Å². The van der Waals surface area contributed by atoms with Crippen molar-refractivity contribution < 1.29 is 17.9 Å². The van der Waals surface area contributed by atoms with Gasteiger partial charge in [0.25, 0.3) is 0 Å². The number of anilines is 1. The van der Waals surface area contributed by atoms with Crippen molar-refractivity contribution in [1.29, 1.82) is 5.41 Å². The van der Waals surface area contributed by atoms with Crippen molar-refractivity contribution in [2.45, 2.75) is 37.5 Å². The van der Waals surface area contributed by atoms with Crippen LogP contribution in [0.3, 0.4) is 0 Å². The molecular weight excluding hydrogens is 265 g/mol.